The van der Waals surface area contributed by atoms with E-state index in [0.29, 0.717) is 19.4 Å². The van der Waals surface area contributed by atoms with Crippen LogP contribution in [-0.4, -0.2) is 82.6 Å². The van der Waals surface area contributed by atoms with Crippen molar-refractivity contribution < 1.29 is 19.2 Å². The van der Waals surface area contributed by atoms with E-state index in [9.17, 15) is 19.2 Å². The van der Waals surface area contributed by atoms with Gasteiger partial charge in [-0.25, -0.2) is 4.79 Å². The Morgan fingerprint density at radius 1 is 1.11 bits per heavy atom. The van der Waals surface area contributed by atoms with Gasteiger partial charge in [0.05, 0.1) is 12.6 Å². The summed E-state index contributed by atoms with van der Waals surface area (Å²) < 4.78 is 0. The van der Waals surface area contributed by atoms with Crippen LogP contribution in [0.25, 0.3) is 0 Å². The minimum absolute atomic E-state index is 0.0200. The van der Waals surface area contributed by atoms with Crippen molar-refractivity contribution in [3.63, 3.8) is 0 Å². The van der Waals surface area contributed by atoms with Crippen LogP contribution in [0.4, 0.5) is 4.79 Å². The summed E-state index contributed by atoms with van der Waals surface area (Å²) in [4.78, 5) is 55.1. The fourth-order valence-electron chi connectivity index (χ4n) is 4.55. The van der Waals surface area contributed by atoms with E-state index in [0.717, 1.165) is 25.9 Å². The molecule has 8 heteroatoms. The standard InChI is InChI=1S/C19H30N4O4/c1-12(2)10-14(20-13(3)24)18(26)23-11-16(25)17-15(23)6-9-22(17)19(27)21-7-4-5-8-21/h12,14-15,17H,4-11H2,1-3H3,(H,20,24)/t14-,15+,17-/m0/s1. The van der Waals surface area contributed by atoms with Crippen molar-refractivity contribution >= 4 is 23.6 Å². The highest BCUT2D eigenvalue weighted by atomic mass is 16.2. The molecule has 0 aromatic heterocycles. The summed E-state index contributed by atoms with van der Waals surface area (Å²) in [6.07, 6.45) is 3.13. The van der Waals surface area contributed by atoms with Crippen LogP contribution in [-0.2, 0) is 14.4 Å². The zero-order valence-electron chi connectivity index (χ0n) is 16.4. The first-order valence-electron chi connectivity index (χ1n) is 9.95. The Labute approximate surface area is 160 Å². The number of Topliss-reactive ketones (excluding diaryl/α,β-unsaturated/α-hetero) is 1. The number of carbonyl (C=O) groups excluding carboxylic acids is 4. The van der Waals surface area contributed by atoms with Gasteiger partial charge in [0.25, 0.3) is 0 Å². The molecule has 3 rings (SSSR count). The average Bonchev–Trinajstić information content (AvgIpc) is 3.30. The first-order valence-corrected chi connectivity index (χ1v) is 9.95. The fraction of sp³-hybridized carbons (Fsp3) is 0.789. The molecular formula is C19H30N4O4. The predicted molar refractivity (Wildman–Crippen MR) is 98.9 cm³/mol. The third kappa shape index (κ3) is 3.94. The van der Waals surface area contributed by atoms with E-state index in [1.54, 1.807) is 14.7 Å². The van der Waals surface area contributed by atoms with Gasteiger partial charge < -0.3 is 20.0 Å². The Hall–Kier alpha value is -2.12. The molecule has 0 spiro atoms. The number of hydrogen-bond donors (Lipinski definition) is 1. The van der Waals surface area contributed by atoms with Gasteiger partial charge in [0.1, 0.15) is 12.1 Å². The molecule has 1 N–H and O–H groups in total. The molecule has 3 aliphatic heterocycles. The smallest absolute Gasteiger partial charge is 0.320 e. The zero-order chi connectivity index (χ0) is 19.7. The van der Waals surface area contributed by atoms with Crippen LogP contribution in [0.2, 0.25) is 0 Å². The molecule has 0 unspecified atom stereocenters. The maximum Gasteiger partial charge on any atom is 0.320 e. The van der Waals surface area contributed by atoms with Crippen LogP contribution < -0.4 is 5.32 Å². The Bertz CT molecular complexity index is 629. The highest BCUT2D eigenvalue weighted by Crippen LogP contribution is 2.32. The van der Waals surface area contributed by atoms with Crippen molar-refractivity contribution in [1.82, 2.24) is 20.0 Å². The van der Waals surface area contributed by atoms with Crippen molar-refractivity contribution in [3.05, 3.63) is 0 Å². The van der Waals surface area contributed by atoms with Gasteiger partial charge in [0.2, 0.25) is 11.8 Å². The van der Waals surface area contributed by atoms with Crippen LogP contribution in [0.3, 0.4) is 0 Å². The van der Waals surface area contributed by atoms with Gasteiger partial charge in [-0.05, 0) is 31.6 Å². The van der Waals surface area contributed by atoms with Gasteiger partial charge >= 0.3 is 6.03 Å². The van der Waals surface area contributed by atoms with E-state index < -0.39 is 12.1 Å². The summed E-state index contributed by atoms with van der Waals surface area (Å²) in [6, 6.07) is -1.53. The molecule has 0 aromatic carbocycles. The number of nitrogens with zero attached hydrogens (tertiary/aromatic N) is 3. The van der Waals surface area contributed by atoms with Crippen molar-refractivity contribution in [2.45, 2.75) is 64.6 Å². The largest absolute Gasteiger partial charge is 0.345 e. The van der Waals surface area contributed by atoms with Gasteiger partial charge in [-0.15, -0.1) is 0 Å². The number of carbonyl (C=O) groups is 4. The van der Waals surface area contributed by atoms with Crippen molar-refractivity contribution in [3.8, 4) is 0 Å². The Kier molecular flexibility index (Phi) is 5.72. The molecule has 3 aliphatic rings. The van der Waals surface area contributed by atoms with Crippen molar-refractivity contribution in [2.75, 3.05) is 26.2 Å². The van der Waals surface area contributed by atoms with Crippen LogP contribution in [0.15, 0.2) is 0 Å². The minimum atomic E-state index is -0.627. The van der Waals surface area contributed by atoms with E-state index in [1.165, 1.54) is 6.92 Å². The number of rotatable bonds is 4. The predicted octanol–water partition coefficient (Wildman–Crippen LogP) is 0.607. The lowest BCUT2D eigenvalue weighted by molar-refractivity contribution is -0.137. The fourth-order valence-corrected chi connectivity index (χ4v) is 4.55. The van der Waals surface area contributed by atoms with E-state index in [4.69, 9.17) is 0 Å². The average molecular weight is 378 g/mol. The molecular weight excluding hydrogens is 348 g/mol. The van der Waals surface area contributed by atoms with Crippen LogP contribution in [0.5, 0.6) is 0 Å². The minimum Gasteiger partial charge on any atom is -0.345 e. The number of ketones is 1. The maximum atomic E-state index is 13.1. The second-order valence-corrected chi connectivity index (χ2v) is 8.29. The summed E-state index contributed by atoms with van der Waals surface area (Å²) in [5, 5.41) is 2.73. The maximum absolute atomic E-state index is 13.1. The summed E-state index contributed by atoms with van der Waals surface area (Å²) in [5.74, 6) is -0.315. The van der Waals surface area contributed by atoms with E-state index in [1.807, 2.05) is 13.8 Å². The number of likely N-dealkylation sites (tertiary alicyclic amines) is 3. The number of urea groups is 1. The van der Waals surface area contributed by atoms with Gasteiger partial charge in [-0.2, -0.15) is 0 Å². The molecule has 3 fully saturated rings. The van der Waals surface area contributed by atoms with E-state index in [2.05, 4.69) is 5.32 Å². The molecule has 150 valence electrons. The molecule has 0 bridgehead atoms. The molecule has 27 heavy (non-hydrogen) atoms. The number of amides is 4. The van der Waals surface area contributed by atoms with Gasteiger partial charge in [0.15, 0.2) is 5.78 Å². The molecule has 0 aliphatic carbocycles. The van der Waals surface area contributed by atoms with Crippen LogP contribution in [0, 0.1) is 5.92 Å². The Balaban J connectivity index is 1.73. The molecule has 0 aromatic rings. The SMILES string of the molecule is CC(=O)N[C@@H](CC(C)C)C(=O)N1CC(=O)[C@@H]2[C@H]1CCN2C(=O)N1CCCC1. The number of nitrogens with one attached hydrogen (secondary N) is 1. The lowest BCUT2D eigenvalue weighted by Crippen LogP contribution is -2.51. The Morgan fingerprint density at radius 3 is 2.37 bits per heavy atom. The van der Waals surface area contributed by atoms with Crippen molar-refractivity contribution in [1.29, 1.82) is 0 Å². The van der Waals surface area contributed by atoms with Gasteiger partial charge in [-0.1, -0.05) is 13.8 Å². The third-order valence-corrected chi connectivity index (χ3v) is 5.71. The first-order chi connectivity index (χ1) is 12.8. The van der Waals surface area contributed by atoms with Gasteiger partial charge in [-0.3, -0.25) is 14.4 Å². The molecule has 4 amide bonds. The third-order valence-electron chi connectivity index (χ3n) is 5.71. The van der Waals surface area contributed by atoms with E-state index >= 15 is 0 Å². The summed E-state index contributed by atoms with van der Waals surface area (Å²) in [5.41, 5.74) is 0. The quantitative estimate of drug-likeness (QED) is 0.776. The molecule has 8 nitrogen and oxygen atoms in total. The molecule has 3 heterocycles. The van der Waals surface area contributed by atoms with Crippen molar-refractivity contribution in [2.24, 2.45) is 5.92 Å². The summed E-state index contributed by atoms with van der Waals surface area (Å²) in [6.45, 7) is 7.37. The molecule has 0 radical (unpaired) electrons. The second-order valence-electron chi connectivity index (χ2n) is 8.29. The van der Waals surface area contributed by atoms with Crippen LogP contribution >= 0.6 is 0 Å². The highest BCUT2D eigenvalue weighted by molar-refractivity contribution is 5.99. The zero-order valence-corrected chi connectivity index (χ0v) is 16.4. The number of hydrogen-bond acceptors (Lipinski definition) is 4. The highest BCUT2D eigenvalue weighted by Gasteiger charge is 2.52. The van der Waals surface area contributed by atoms with Crippen LogP contribution in [0.1, 0.15) is 46.5 Å². The molecule has 3 atom stereocenters. The summed E-state index contributed by atoms with van der Waals surface area (Å²) in [7, 11) is 0. The summed E-state index contributed by atoms with van der Waals surface area (Å²) >= 11 is 0. The molecule has 0 saturated carbocycles. The second kappa shape index (κ2) is 7.86. The lowest BCUT2D eigenvalue weighted by Gasteiger charge is -2.29. The lowest BCUT2D eigenvalue weighted by atomic mass is 10.0. The topological polar surface area (TPSA) is 90.0 Å². The number of fused-ring (bicyclic) bond motifs is 1. The molecule has 3 saturated heterocycles. The first kappa shape index (κ1) is 19.6. The van der Waals surface area contributed by atoms with Gasteiger partial charge in [0, 0.05) is 26.6 Å². The monoisotopic (exact) mass is 378 g/mol. The Morgan fingerprint density at radius 2 is 1.78 bits per heavy atom. The normalized spacial score (nSPS) is 25.9. The van der Waals surface area contributed by atoms with E-state index in [-0.39, 0.29) is 42.1 Å².